The second-order valence-corrected chi connectivity index (χ2v) is 9.03. The van der Waals surface area contributed by atoms with Crippen LogP contribution in [0.15, 0.2) is 48.5 Å². The van der Waals surface area contributed by atoms with Crippen LogP contribution in [0.3, 0.4) is 0 Å². The summed E-state index contributed by atoms with van der Waals surface area (Å²) in [5, 5.41) is 0.783. The summed E-state index contributed by atoms with van der Waals surface area (Å²) >= 11 is 3.24. The number of hydrogen-bond acceptors (Lipinski definition) is 5. The Labute approximate surface area is 173 Å². The van der Waals surface area contributed by atoms with Crippen LogP contribution in [0.5, 0.6) is 0 Å². The standard InChI is InChI=1S/C22H24N2O2S2/c1-16-7-5-11-19-21(16)23-22(28-19)24(13-18-10-6-12-26-18)20(25)15-27-14-17-8-3-2-4-9-17/h2-5,7-9,11,18H,6,10,12-15H2,1H3. The number of thioether (sulfide) groups is 1. The van der Waals surface area contributed by atoms with Gasteiger partial charge in [-0.3, -0.25) is 9.69 Å². The molecule has 0 radical (unpaired) electrons. The molecule has 4 nitrogen and oxygen atoms in total. The zero-order valence-corrected chi connectivity index (χ0v) is 17.6. The van der Waals surface area contributed by atoms with E-state index in [-0.39, 0.29) is 12.0 Å². The van der Waals surface area contributed by atoms with Crippen LogP contribution in [0.2, 0.25) is 0 Å². The Morgan fingerprint density at radius 1 is 1.25 bits per heavy atom. The number of anilines is 1. The first-order valence-electron chi connectivity index (χ1n) is 9.60. The first-order chi connectivity index (χ1) is 13.7. The average molecular weight is 413 g/mol. The normalized spacial score (nSPS) is 16.5. The number of aryl methyl sites for hydroxylation is 1. The zero-order chi connectivity index (χ0) is 19.3. The monoisotopic (exact) mass is 412 g/mol. The molecule has 2 heterocycles. The van der Waals surface area contributed by atoms with Gasteiger partial charge in [0.25, 0.3) is 0 Å². The van der Waals surface area contributed by atoms with E-state index in [9.17, 15) is 4.79 Å². The highest BCUT2D eigenvalue weighted by Crippen LogP contribution is 2.32. The van der Waals surface area contributed by atoms with E-state index >= 15 is 0 Å². The molecule has 1 atom stereocenters. The minimum absolute atomic E-state index is 0.105. The number of hydrogen-bond donors (Lipinski definition) is 0. The Morgan fingerprint density at radius 3 is 2.86 bits per heavy atom. The largest absolute Gasteiger partial charge is 0.376 e. The number of aromatic nitrogens is 1. The van der Waals surface area contributed by atoms with E-state index in [0.717, 1.165) is 46.1 Å². The minimum atomic E-state index is 0.105. The van der Waals surface area contributed by atoms with Gasteiger partial charge in [0.15, 0.2) is 5.13 Å². The van der Waals surface area contributed by atoms with Gasteiger partial charge in [0.05, 0.1) is 28.6 Å². The summed E-state index contributed by atoms with van der Waals surface area (Å²) in [4.78, 5) is 19.7. The van der Waals surface area contributed by atoms with Crippen molar-refractivity contribution in [2.45, 2.75) is 31.6 Å². The summed E-state index contributed by atoms with van der Waals surface area (Å²) in [6.45, 7) is 3.44. The van der Waals surface area contributed by atoms with Gasteiger partial charge >= 0.3 is 0 Å². The number of benzene rings is 2. The van der Waals surface area contributed by atoms with Gasteiger partial charge in [0, 0.05) is 12.4 Å². The highest BCUT2D eigenvalue weighted by atomic mass is 32.2. The topological polar surface area (TPSA) is 42.4 Å². The van der Waals surface area contributed by atoms with Gasteiger partial charge in [-0.2, -0.15) is 0 Å². The molecule has 6 heteroatoms. The highest BCUT2D eigenvalue weighted by molar-refractivity contribution is 7.99. The number of fused-ring (bicyclic) bond motifs is 1. The summed E-state index contributed by atoms with van der Waals surface area (Å²) in [6, 6.07) is 16.4. The molecular weight excluding hydrogens is 388 g/mol. The molecule has 0 aliphatic carbocycles. The lowest BCUT2D eigenvalue weighted by Gasteiger charge is -2.23. The quantitative estimate of drug-likeness (QED) is 0.545. The molecule has 146 valence electrons. The number of ether oxygens (including phenoxy) is 1. The van der Waals surface area contributed by atoms with Crippen molar-refractivity contribution in [2.24, 2.45) is 0 Å². The number of thiazole rings is 1. The van der Waals surface area contributed by atoms with Crippen molar-refractivity contribution in [1.82, 2.24) is 4.98 Å². The van der Waals surface area contributed by atoms with Crippen LogP contribution in [0.1, 0.15) is 24.0 Å². The van der Waals surface area contributed by atoms with Crippen LogP contribution in [0, 0.1) is 6.92 Å². The van der Waals surface area contributed by atoms with Gasteiger partial charge in [-0.25, -0.2) is 4.98 Å². The number of carbonyl (C=O) groups is 1. The van der Waals surface area contributed by atoms with E-state index in [4.69, 9.17) is 9.72 Å². The van der Waals surface area contributed by atoms with Crippen molar-refractivity contribution < 1.29 is 9.53 Å². The fourth-order valence-electron chi connectivity index (χ4n) is 3.38. The Bertz CT molecular complexity index is 936. The van der Waals surface area contributed by atoms with Crippen molar-refractivity contribution in [3.8, 4) is 0 Å². The Hall–Kier alpha value is -1.89. The van der Waals surface area contributed by atoms with E-state index in [2.05, 4.69) is 31.2 Å². The van der Waals surface area contributed by atoms with Crippen molar-refractivity contribution >= 4 is 44.4 Å². The van der Waals surface area contributed by atoms with Crippen LogP contribution < -0.4 is 4.90 Å². The second kappa shape index (κ2) is 9.07. The lowest BCUT2D eigenvalue weighted by atomic mass is 10.2. The molecule has 1 amide bonds. The third kappa shape index (κ3) is 4.57. The smallest absolute Gasteiger partial charge is 0.238 e. The highest BCUT2D eigenvalue weighted by Gasteiger charge is 2.26. The Kier molecular flexibility index (Phi) is 6.29. The fraction of sp³-hybridized carbons (Fsp3) is 0.364. The number of carbonyl (C=O) groups excluding carboxylic acids is 1. The molecule has 1 aliphatic heterocycles. The molecule has 3 aromatic rings. The Morgan fingerprint density at radius 2 is 2.11 bits per heavy atom. The van der Waals surface area contributed by atoms with Crippen molar-refractivity contribution in [1.29, 1.82) is 0 Å². The number of amides is 1. The van der Waals surface area contributed by atoms with Crippen molar-refractivity contribution in [3.63, 3.8) is 0 Å². The molecule has 1 unspecified atom stereocenters. The molecule has 0 N–H and O–H groups in total. The molecule has 0 bridgehead atoms. The molecule has 1 fully saturated rings. The van der Waals surface area contributed by atoms with Gasteiger partial charge in [-0.05, 0) is 37.0 Å². The minimum Gasteiger partial charge on any atom is -0.376 e. The van der Waals surface area contributed by atoms with Crippen molar-refractivity contribution in [2.75, 3.05) is 23.8 Å². The lowest BCUT2D eigenvalue weighted by Crippen LogP contribution is -2.38. The lowest BCUT2D eigenvalue weighted by molar-refractivity contribution is -0.116. The van der Waals surface area contributed by atoms with Gasteiger partial charge < -0.3 is 4.74 Å². The molecule has 2 aromatic carbocycles. The van der Waals surface area contributed by atoms with E-state index in [1.54, 1.807) is 23.1 Å². The molecule has 1 aromatic heterocycles. The van der Waals surface area contributed by atoms with Crippen molar-refractivity contribution in [3.05, 3.63) is 59.7 Å². The SMILES string of the molecule is Cc1cccc2sc(N(CC3CCCO3)C(=O)CSCc3ccccc3)nc12. The number of para-hydroxylation sites is 1. The maximum absolute atomic E-state index is 13.1. The van der Waals surface area contributed by atoms with Crippen LogP contribution >= 0.6 is 23.1 Å². The molecule has 1 aliphatic rings. The van der Waals surface area contributed by atoms with Crippen LogP contribution in [-0.2, 0) is 15.3 Å². The van der Waals surface area contributed by atoms with Gasteiger partial charge in [-0.1, -0.05) is 53.8 Å². The van der Waals surface area contributed by atoms with E-state index < -0.39 is 0 Å². The van der Waals surface area contributed by atoms with E-state index in [0.29, 0.717) is 12.3 Å². The summed E-state index contributed by atoms with van der Waals surface area (Å²) in [6.07, 6.45) is 2.18. The molecule has 28 heavy (non-hydrogen) atoms. The van der Waals surface area contributed by atoms with Gasteiger partial charge in [-0.15, -0.1) is 11.8 Å². The number of nitrogens with zero attached hydrogens (tertiary/aromatic N) is 2. The third-order valence-corrected chi connectivity index (χ3v) is 6.92. The second-order valence-electron chi connectivity index (χ2n) is 7.04. The molecule has 1 saturated heterocycles. The molecular formula is C22H24N2O2S2. The first kappa shape index (κ1) is 19.4. The summed E-state index contributed by atoms with van der Waals surface area (Å²) in [7, 11) is 0. The van der Waals surface area contributed by atoms with Gasteiger partial charge in [0.2, 0.25) is 5.91 Å². The fourth-order valence-corrected chi connectivity index (χ4v) is 5.31. The maximum Gasteiger partial charge on any atom is 0.238 e. The maximum atomic E-state index is 13.1. The molecule has 0 saturated carbocycles. The summed E-state index contributed by atoms with van der Waals surface area (Å²) in [5.41, 5.74) is 3.37. The van der Waals surface area contributed by atoms with E-state index in [1.165, 1.54) is 5.56 Å². The predicted molar refractivity (Wildman–Crippen MR) is 118 cm³/mol. The van der Waals surface area contributed by atoms with Crippen LogP contribution in [0.4, 0.5) is 5.13 Å². The Balaban J connectivity index is 1.50. The zero-order valence-electron chi connectivity index (χ0n) is 16.0. The van der Waals surface area contributed by atoms with Crippen LogP contribution in [0.25, 0.3) is 10.2 Å². The predicted octanol–water partition coefficient (Wildman–Crippen LogP) is 5.05. The van der Waals surface area contributed by atoms with Gasteiger partial charge in [0.1, 0.15) is 0 Å². The van der Waals surface area contributed by atoms with E-state index in [1.807, 2.05) is 29.2 Å². The molecule has 4 rings (SSSR count). The first-order valence-corrected chi connectivity index (χ1v) is 11.6. The van der Waals surface area contributed by atoms with Crippen LogP contribution in [-0.4, -0.2) is 35.9 Å². The summed E-state index contributed by atoms with van der Waals surface area (Å²) < 4.78 is 6.93. The third-order valence-electron chi connectivity index (χ3n) is 4.89. The molecule has 0 spiro atoms. The number of rotatable bonds is 7. The average Bonchev–Trinajstić information content (AvgIpc) is 3.37. The summed E-state index contributed by atoms with van der Waals surface area (Å²) in [5.74, 6) is 1.38.